The summed E-state index contributed by atoms with van der Waals surface area (Å²) in [4.78, 5) is 23.0. The molecule has 0 amide bonds. The van der Waals surface area contributed by atoms with Crippen LogP contribution in [0.5, 0.6) is 0 Å². The Labute approximate surface area is 104 Å². The normalized spacial score (nSPS) is 11.5. The predicted molar refractivity (Wildman–Crippen MR) is 67.0 cm³/mol. The number of nitriles is 1. The Morgan fingerprint density at radius 2 is 2.24 bits per heavy atom. The van der Waals surface area contributed by atoms with Crippen molar-refractivity contribution in [3.63, 3.8) is 0 Å². The molecule has 88 valence electrons. The van der Waals surface area contributed by atoms with Gasteiger partial charge in [0.2, 0.25) is 11.8 Å². The fourth-order valence-electron chi connectivity index (χ4n) is 1.29. The molecule has 0 aliphatic rings. The van der Waals surface area contributed by atoms with Crippen molar-refractivity contribution >= 4 is 17.5 Å². The van der Waals surface area contributed by atoms with Gasteiger partial charge in [-0.1, -0.05) is 25.1 Å². The number of ketones is 1. The molecule has 0 aliphatic heterocycles. The van der Waals surface area contributed by atoms with Gasteiger partial charge in [-0.25, -0.2) is 0 Å². The molecule has 5 heteroatoms. The van der Waals surface area contributed by atoms with E-state index in [9.17, 15) is 9.70 Å². The maximum Gasteiger partial charge on any atom is 0.240 e. The third-order valence-corrected chi connectivity index (χ3v) is 3.37. The summed E-state index contributed by atoms with van der Waals surface area (Å²) in [5.74, 6) is 0.359. The number of nitroso groups, excluding NO2 is 1. The van der Waals surface area contributed by atoms with E-state index in [4.69, 9.17) is 5.26 Å². The lowest BCUT2D eigenvalue weighted by Gasteiger charge is -2.07. The zero-order valence-electron chi connectivity index (χ0n) is 9.42. The Bertz CT molecular complexity index is 454. The van der Waals surface area contributed by atoms with Gasteiger partial charge < -0.3 is 0 Å². The van der Waals surface area contributed by atoms with Gasteiger partial charge in [-0.15, -0.1) is 16.7 Å². The van der Waals surface area contributed by atoms with Crippen LogP contribution < -0.4 is 0 Å². The fourth-order valence-corrected chi connectivity index (χ4v) is 2.21. The van der Waals surface area contributed by atoms with Crippen molar-refractivity contribution in [3.8, 4) is 6.07 Å². The van der Waals surface area contributed by atoms with Crippen LogP contribution in [-0.2, 0) is 0 Å². The van der Waals surface area contributed by atoms with E-state index in [0.717, 1.165) is 17.1 Å². The molecule has 0 saturated carbocycles. The zero-order chi connectivity index (χ0) is 12.7. The average Bonchev–Trinajstić information content (AvgIpc) is 2.38. The number of carbonyl (C=O) groups is 1. The quantitative estimate of drug-likeness (QED) is 0.440. The molecule has 0 aromatic heterocycles. The van der Waals surface area contributed by atoms with Crippen molar-refractivity contribution in [2.45, 2.75) is 24.3 Å². The molecule has 1 rings (SSSR count). The average molecular weight is 248 g/mol. The number of rotatable bonds is 6. The molecule has 1 unspecified atom stereocenters. The summed E-state index contributed by atoms with van der Waals surface area (Å²) < 4.78 is 0. The van der Waals surface area contributed by atoms with Crippen molar-refractivity contribution in [2.24, 2.45) is 5.18 Å². The molecular weight excluding hydrogens is 236 g/mol. The first kappa shape index (κ1) is 13.4. The largest absolute Gasteiger partial charge is 0.290 e. The molecule has 0 heterocycles. The molecule has 0 bridgehead atoms. The Balaban J connectivity index is 3.00. The lowest BCUT2D eigenvalue weighted by atomic mass is 10.1. The molecule has 0 fully saturated rings. The van der Waals surface area contributed by atoms with Crippen molar-refractivity contribution in [3.05, 3.63) is 34.7 Å². The van der Waals surface area contributed by atoms with Gasteiger partial charge in [0.15, 0.2) is 0 Å². The van der Waals surface area contributed by atoms with Gasteiger partial charge in [0.05, 0.1) is 0 Å². The third kappa shape index (κ3) is 3.40. The van der Waals surface area contributed by atoms with Gasteiger partial charge in [-0.2, -0.15) is 5.26 Å². The first-order valence-electron chi connectivity index (χ1n) is 5.22. The fraction of sp³-hybridized carbons (Fsp3) is 0.333. The van der Waals surface area contributed by atoms with Crippen LogP contribution in [0.1, 0.15) is 23.7 Å². The lowest BCUT2D eigenvalue weighted by Crippen LogP contribution is -2.16. The second kappa shape index (κ2) is 6.81. The van der Waals surface area contributed by atoms with Crippen LogP contribution in [0.15, 0.2) is 34.3 Å². The number of thioether (sulfide) groups is 1. The summed E-state index contributed by atoms with van der Waals surface area (Å²) in [7, 11) is 0. The summed E-state index contributed by atoms with van der Waals surface area (Å²) in [6.07, 6.45) is 0.987. The van der Waals surface area contributed by atoms with Crippen molar-refractivity contribution < 1.29 is 4.79 Å². The molecule has 0 N–H and O–H groups in total. The van der Waals surface area contributed by atoms with Crippen LogP contribution in [0, 0.1) is 16.2 Å². The molecule has 17 heavy (non-hydrogen) atoms. The number of nitrogens with zero attached hydrogens (tertiary/aromatic N) is 2. The van der Waals surface area contributed by atoms with Gasteiger partial charge in [-0.3, -0.25) is 4.79 Å². The van der Waals surface area contributed by atoms with Gasteiger partial charge in [0, 0.05) is 10.5 Å². The highest BCUT2D eigenvalue weighted by Gasteiger charge is 2.22. The monoisotopic (exact) mass is 248 g/mol. The summed E-state index contributed by atoms with van der Waals surface area (Å²) in [5, 5.41) is 11.2. The molecule has 0 aliphatic carbocycles. The first-order chi connectivity index (χ1) is 8.24. The zero-order valence-corrected chi connectivity index (χ0v) is 10.2. The van der Waals surface area contributed by atoms with Crippen LogP contribution in [0.2, 0.25) is 0 Å². The molecule has 0 radical (unpaired) electrons. The van der Waals surface area contributed by atoms with Gasteiger partial charge in [0.1, 0.15) is 6.07 Å². The van der Waals surface area contributed by atoms with Crippen molar-refractivity contribution in [2.75, 3.05) is 5.75 Å². The van der Waals surface area contributed by atoms with E-state index < -0.39 is 11.8 Å². The Morgan fingerprint density at radius 3 is 2.82 bits per heavy atom. The summed E-state index contributed by atoms with van der Waals surface area (Å²) >= 11 is 1.54. The summed E-state index contributed by atoms with van der Waals surface area (Å²) in [6.45, 7) is 2.04. The molecule has 0 saturated heterocycles. The van der Waals surface area contributed by atoms with E-state index in [1.54, 1.807) is 18.2 Å². The molecule has 1 aromatic rings. The minimum Gasteiger partial charge on any atom is -0.290 e. The van der Waals surface area contributed by atoms with E-state index in [1.165, 1.54) is 11.8 Å². The number of benzene rings is 1. The number of hydrogen-bond donors (Lipinski definition) is 0. The topological polar surface area (TPSA) is 70.3 Å². The van der Waals surface area contributed by atoms with E-state index >= 15 is 0 Å². The Hall–Kier alpha value is -1.67. The first-order valence-corrected chi connectivity index (χ1v) is 6.21. The van der Waals surface area contributed by atoms with Crippen LogP contribution in [0.4, 0.5) is 0 Å². The summed E-state index contributed by atoms with van der Waals surface area (Å²) in [6, 6.07) is 7.12. The van der Waals surface area contributed by atoms with E-state index in [2.05, 4.69) is 5.18 Å². The van der Waals surface area contributed by atoms with Crippen LogP contribution >= 0.6 is 11.8 Å². The highest BCUT2D eigenvalue weighted by molar-refractivity contribution is 7.99. The SMILES string of the molecule is CCCSc1ccccc1C(=O)C(C#N)N=O. The molecule has 4 nitrogen and oxygen atoms in total. The Morgan fingerprint density at radius 1 is 1.53 bits per heavy atom. The number of hydrogen-bond acceptors (Lipinski definition) is 5. The van der Waals surface area contributed by atoms with Crippen molar-refractivity contribution in [1.29, 1.82) is 5.26 Å². The highest BCUT2D eigenvalue weighted by atomic mass is 32.2. The smallest absolute Gasteiger partial charge is 0.240 e. The molecular formula is C12H12N2O2S. The minimum absolute atomic E-state index is 0.400. The van der Waals surface area contributed by atoms with Gasteiger partial charge in [-0.05, 0) is 23.4 Å². The maximum atomic E-state index is 11.9. The Kier molecular flexibility index (Phi) is 5.37. The minimum atomic E-state index is -1.45. The van der Waals surface area contributed by atoms with Gasteiger partial charge in [0.25, 0.3) is 0 Å². The van der Waals surface area contributed by atoms with Crippen LogP contribution in [-0.4, -0.2) is 17.6 Å². The standard InChI is InChI=1S/C12H12N2O2S/c1-2-7-17-11-6-4-3-5-9(11)12(15)10(8-13)14-16/h3-6,10H,2,7H2,1H3. The predicted octanol–water partition coefficient (Wildman–Crippen LogP) is 3.03. The highest BCUT2D eigenvalue weighted by Crippen LogP contribution is 2.24. The summed E-state index contributed by atoms with van der Waals surface area (Å²) in [5.41, 5.74) is 0.400. The second-order valence-electron chi connectivity index (χ2n) is 3.35. The third-order valence-electron chi connectivity index (χ3n) is 2.09. The molecule has 1 aromatic carbocycles. The number of carbonyl (C=O) groups excluding carboxylic acids is 1. The second-order valence-corrected chi connectivity index (χ2v) is 4.48. The van der Waals surface area contributed by atoms with Gasteiger partial charge >= 0.3 is 0 Å². The van der Waals surface area contributed by atoms with E-state index in [0.29, 0.717) is 5.56 Å². The van der Waals surface area contributed by atoms with Crippen LogP contribution in [0.25, 0.3) is 0 Å². The van der Waals surface area contributed by atoms with Crippen LogP contribution in [0.3, 0.4) is 0 Å². The lowest BCUT2D eigenvalue weighted by molar-refractivity contribution is 0.0978. The van der Waals surface area contributed by atoms with E-state index in [-0.39, 0.29) is 0 Å². The number of Topliss-reactive ketones (excluding diaryl/α,β-unsaturated/α-hetero) is 1. The maximum absolute atomic E-state index is 11.9. The molecule has 1 atom stereocenters. The van der Waals surface area contributed by atoms with E-state index in [1.807, 2.05) is 19.1 Å². The van der Waals surface area contributed by atoms with Crippen molar-refractivity contribution in [1.82, 2.24) is 0 Å². The molecule has 0 spiro atoms.